The summed E-state index contributed by atoms with van der Waals surface area (Å²) in [5, 5.41) is 12.9. The summed E-state index contributed by atoms with van der Waals surface area (Å²) in [5.41, 5.74) is 8.99. The Bertz CT molecular complexity index is 3460. The zero-order valence-electron chi connectivity index (χ0n) is 47.1. The minimum Gasteiger partial charge on any atom is -0.497 e. The molecule has 7 heterocycles. The number of hydrogen-bond acceptors (Lipinski definition) is 11. The van der Waals surface area contributed by atoms with E-state index in [9.17, 15) is 5.11 Å². The molecular weight excluding hydrogens is 1020 g/mol. The van der Waals surface area contributed by atoms with Crippen LogP contribution >= 0.6 is 0 Å². The van der Waals surface area contributed by atoms with E-state index in [0.29, 0.717) is 87.4 Å². The van der Waals surface area contributed by atoms with E-state index in [1.165, 1.54) is 22.3 Å². The quantitative estimate of drug-likeness (QED) is 0.182. The van der Waals surface area contributed by atoms with E-state index >= 15 is 0 Å². The summed E-state index contributed by atoms with van der Waals surface area (Å²) in [7, 11) is 3.35. The van der Waals surface area contributed by atoms with Crippen LogP contribution in [0.15, 0.2) is 158 Å². The minimum atomic E-state index is -1.14. The van der Waals surface area contributed by atoms with Crippen LogP contribution in [0.3, 0.4) is 0 Å². The van der Waals surface area contributed by atoms with Gasteiger partial charge in [0, 0.05) is 33.1 Å². The highest BCUT2D eigenvalue weighted by molar-refractivity contribution is 6.11. The monoisotopic (exact) mass is 1090 g/mol. The van der Waals surface area contributed by atoms with Gasteiger partial charge in [0.15, 0.2) is 5.60 Å². The fourth-order valence-corrected chi connectivity index (χ4v) is 13.6. The van der Waals surface area contributed by atoms with Crippen molar-refractivity contribution in [3.05, 3.63) is 191 Å². The first kappa shape index (κ1) is 53.8. The Morgan fingerprint density at radius 1 is 0.494 bits per heavy atom. The minimum absolute atomic E-state index is 0.0239. The van der Waals surface area contributed by atoms with Gasteiger partial charge in [0.1, 0.15) is 65.0 Å². The molecule has 8 aromatic rings. The van der Waals surface area contributed by atoms with Crippen molar-refractivity contribution in [2.45, 2.75) is 64.6 Å². The molecule has 81 heavy (non-hydrogen) atoms. The number of aliphatic hydroxyl groups excluding tert-OH is 1. The highest BCUT2D eigenvalue weighted by atomic mass is 16.6. The van der Waals surface area contributed by atoms with Gasteiger partial charge in [-0.3, -0.25) is 0 Å². The maximum atomic E-state index is 10.9. The largest absolute Gasteiger partial charge is 0.497 e. The standard InChI is InChI=1S/C70H70O11/c1-67(2)43-68(3,4)45-69(44-67)62-10-8-7-9-57(62)64-60-40-59(56-28-27-55(72-5)39-46(56)42-71)63(73-6)41-61(60)66-58(65(64)69)29-30-70(81-66)47-11-15-51(16-12-47)79-53-23-19-49(20-24-53)77-37-35-75-33-31-74-32-34-76-36-38-78-50-21-25-54(26-22-50)80-52-17-13-48(70)14-18-52/h7-30,39-41,71H,31-38,42-45H2,1-6H3. The molecule has 0 aromatic heterocycles. The number of hydrogen-bond donors (Lipinski definition) is 1. The van der Waals surface area contributed by atoms with Crippen molar-refractivity contribution < 1.29 is 52.5 Å². The first-order chi connectivity index (χ1) is 39.4. The highest BCUT2D eigenvalue weighted by Gasteiger charge is 2.55. The van der Waals surface area contributed by atoms with Crippen molar-refractivity contribution in [2.75, 3.05) is 67.1 Å². The van der Waals surface area contributed by atoms with Crippen LogP contribution in [0, 0.1) is 10.8 Å². The van der Waals surface area contributed by atoms with Gasteiger partial charge in [-0.1, -0.05) is 88.4 Å². The molecule has 1 N–H and O–H groups in total. The van der Waals surface area contributed by atoms with Gasteiger partial charge in [0.25, 0.3) is 0 Å². The summed E-state index contributed by atoms with van der Waals surface area (Å²) in [6.45, 7) is 13.1. The third-order valence-electron chi connectivity index (χ3n) is 16.3. The summed E-state index contributed by atoms with van der Waals surface area (Å²) in [6, 6.07) is 50.9. The lowest BCUT2D eigenvalue weighted by atomic mass is 9.52. The normalized spacial score (nSPS) is 18.0. The summed E-state index contributed by atoms with van der Waals surface area (Å²) in [5.74, 6) is 6.20. The number of rotatable bonds is 4. The molecule has 7 aliphatic heterocycles. The second kappa shape index (κ2) is 22.3. The molecule has 0 amide bonds. The van der Waals surface area contributed by atoms with Crippen molar-refractivity contribution in [1.29, 1.82) is 0 Å². The van der Waals surface area contributed by atoms with Crippen molar-refractivity contribution in [3.63, 3.8) is 0 Å². The lowest BCUT2D eigenvalue weighted by Crippen LogP contribution is -2.44. The molecular formula is C70H70O11. The van der Waals surface area contributed by atoms with Gasteiger partial charge >= 0.3 is 0 Å². The molecule has 9 aliphatic rings. The molecule has 2 aliphatic carbocycles. The maximum Gasteiger partial charge on any atom is 0.178 e. The molecule has 11 nitrogen and oxygen atoms in total. The molecule has 11 heteroatoms. The Kier molecular flexibility index (Phi) is 14.8. The van der Waals surface area contributed by atoms with E-state index in [4.69, 9.17) is 47.4 Å². The summed E-state index contributed by atoms with van der Waals surface area (Å²) in [6.07, 6.45) is 7.61. The van der Waals surface area contributed by atoms with Gasteiger partial charge in [-0.05, 0) is 172 Å². The predicted octanol–water partition coefficient (Wildman–Crippen LogP) is 15.3. The second-order valence-corrected chi connectivity index (χ2v) is 23.2. The SMILES string of the molecule is COc1ccc(-c2cc3c4c(c5c(c3cc2OC)OC2(C=C5)c3ccc(cc3)Oc3ccc(cc3)OCCOCCOCCOCCOc3ccc(cc3)Oc3ccc2cc3)C2(CC(C)(C)CC(C)(C)C2)c2ccccc2-4)c(CO)c1. The third-order valence-corrected chi connectivity index (χ3v) is 16.3. The van der Waals surface area contributed by atoms with Gasteiger partial charge in [0.05, 0.1) is 60.5 Å². The van der Waals surface area contributed by atoms with E-state index < -0.39 is 5.60 Å². The van der Waals surface area contributed by atoms with Crippen molar-refractivity contribution >= 4 is 16.8 Å². The van der Waals surface area contributed by atoms with Crippen LogP contribution in [0.4, 0.5) is 0 Å². The Labute approximate surface area is 474 Å². The smallest absolute Gasteiger partial charge is 0.178 e. The average Bonchev–Trinajstić information content (AvgIpc) is 1.90. The Morgan fingerprint density at radius 3 is 1.54 bits per heavy atom. The second-order valence-electron chi connectivity index (χ2n) is 23.2. The summed E-state index contributed by atoms with van der Waals surface area (Å²) in [4.78, 5) is 0. The highest BCUT2D eigenvalue weighted by Crippen LogP contribution is 2.67. The van der Waals surface area contributed by atoms with Crippen LogP contribution in [0.2, 0.25) is 0 Å². The lowest BCUT2D eigenvalue weighted by molar-refractivity contribution is 0.00499. The number of benzene rings is 8. The van der Waals surface area contributed by atoms with Gasteiger partial charge < -0.3 is 52.5 Å². The molecule has 0 saturated heterocycles. The van der Waals surface area contributed by atoms with E-state index in [1.807, 2.05) is 91.0 Å². The Hall–Kier alpha value is -7.80. The van der Waals surface area contributed by atoms with E-state index in [1.54, 1.807) is 14.2 Å². The molecule has 2 spiro atoms. The molecule has 8 bridgehead atoms. The van der Waals surface area contributed by atoms with Crippen molar-refractivity contribution in [1.82, 2.24) is 0 Å². The zero-order chi connectivity index (χ0) is 55.8. The lowest BCUT2D eigenvalue weighted by Gasteiger charge is -2.52. The molecule has 0 unspecified atom stereocenters. The van der Waals surface area contributed by atoms with Crippen molar-refractivity contribution in [3.8, 4) is 74.0 Å². The van der Waals surface area contributed by atoms with Gasteiger partial charge in [-0.2, -0.15) is 0 Å². The maximum absolute atomic E-state index is 10.9. The number of fused-ring (bicyclic) bond motifs is 12. The van der Waals surface area contributed by atoms with Gasteiger partial charge in [0.2, 0.25) is 0 Å². The first-order valence-corrected chi connectivity index (χ1v) is 28.1. The van der Waals surface area contributed by atoms with E-state index in [2.05, 4.69) is 101 Å². The Balaban J connectivity index is 1.01. The summed E-state index contributed by atoms with van der Waals surface area (Å²) >= 11 is 0. The third kappa shape index (κ3) is 10.6. The number of ether oxygens (including phenoxy) is 10. The van der Waals surface area contributed by atoms with Crippen LogP contribution in [-0.2, 0) is 31.8 Å². The summed E-state index contributed by atoms with van der Waals surface area (Å²) < 4.78 is 62.0. The van der Waals surface area contributed by atoms with Gasteiger partial charge in [-0.25, -0.2) is 0 Å². The molecule has 416 valence electrons. The fraction of sp³-hybridized carbons (Fsp3) is 0.314. The fourth-order valence-electron chi connectivity index (χ4n) is 13.6. The molecule has 1 saturated carbocycles. The zero-order valence-corrected chi connectivity index (χ0v) is 47.1. The molecule has 1 fully saturated rings. The van der Waals surface area contributed by atoms with E-state index in [0.717, 1.165) is 80.7 Å². The van der Waals surface area contributed by atoms with Crippen molar-refractivity contribution in [2.24, 2.45) is 10.8 Å². The predicted molar refractivity (Wildman–Crippen MR) is 316 cm³/mol. The van der Waals surface area contributed by atoms with Crippen LogP contribution in [0.5, 0.6) is 51.7 Å². The number of methoxy groups -OCH3 is 2. The molecule has 0 radical (unpaired) electrons. The molecule has 0 atom stereocenters. The number of aliphatic hydroxyl groups is 1. The molecule has 8 aromatic carbocycles. The van der Waals surface area contributed by atoms with Crippen LogP contribution in [0.1, 0.15) is 80.3 Å². The van der Waals surface area contributed by atoms with Crippen LogP contribution in [-0.4, -0.2) is 72.2 Å². The first-order valence-electron chi connectivity index (χ1n) is 28.1. The average molecular weight is 1090 g/mol. The van der Waals surface area contributed by atoms with Crippen LogP contribution in [0.25, 0.3) is 39.1 Å². The Morgan fingerprint density at radius 2 is 1.01 bits per heavy atom. The topological polar surface area (TPSA) is 113 Å². The molecule has 17 rings (SSSR count). The van der Waals surface area contributed by atoms with E-state index in [-0.39, 0.29) is 22.9 Å². The van der Waals surface area contributed by atoms with Crippen LogP contribution < -0.4 is 33.2 Å². The van der Waals surface area contributed by atoms with Gasteiger partial charge in [-0.15, -0.1) is 0 Å².